The summed E-state index contributed by atoms with van der Waals surface area (Å²) in [5, 5.41) is 11.2. The van der Waals surface area contributed by atoms with E-state index in [4.69, 9.17) is 4.42 Å². The summed E-state index contributed by atoms with van der Waals surface area (Å²) >= 11 is 0. The first-order chi connectivity index (χ1) is 9.49. The molecule has 1 aliphatic heterocycles. The number of furan rings is 1. The van der Waals surface area contributed by atoms with Crippen LogP contribution >= 0.6 is 7.37 Å². The summed E-state index contributed by atoms with van der Waals surface area (Å²) in [7, 11) is -3.83. The number of quaternary nitrogens is 1. The molecule has 7 heteroatoms. The molecule has 0 amide bonds. The molecule has 2 rings (SSSR count). The number of carboxylic acids is 1. The van der Waals surface area contributed by atoms with Crippen LogP contribution in [0.3, 0.4) is 0 Å². The molecule has 1 unspecified atom stereocenters. The number of piperidine rings is 1. The quantitative estimate of drug-likeness (QED) is 0.673. The predicted molar refractivity (Wildman–Crippen MR) is 70.4 cm³/mol. The Morgan fingerprint density at radius 3 is 2.70 bits per heavy atom. The molecule has 1 saturated heterocycles. The minimum Gasteiger partial charge on any atom is -0.549 e. The zero-order valence-electron chi connectivity index (χ0n) is 11.3. The van der Waals surface area contributed by atoms with Crippen molar-refractivity contribution in [3.05, 3.63) is 24.2 Å². The van der Waals surface area contributed by atoms with Crippen molar-refractivity contribution < 1.29 is 28.7 Å². The van der Waals surface area contributed by atoms with Gasteiger partial charge in [0.05, 0.1) is 31.0 Å². The minimum absolute atomic E-state index is 0.00758. The summed E-state index contributed by atoms with van der Waals surface area (Å²) < 4.78 is 17.5. The molecule has 1 fully saturated rings. The second kappa shape index (κ2) is 6.57. The zero-order valence-corrected chi connectivity index (χ0v) is 12.2. The Kier molecular flexibility index (Phi) is 5.02. The Morgan fingerprint density at radius 2 is 2.15 bits per heavy atom. The molecular formula is C13H20NO5P. The molecule has 2 atom stereocenters. The van der Waals surface area contributed by atoms with Gasteiger partial charge in [0.1, 0.15) is 5.76 Å². The van der Waals surface area contributed by atoms with Crippen LogP contribution < -0.4 is 10.0 Å². The summed E-state index contributed by atoms with van der Waals surface area (Å²) in [4.78, 5) is 22.4. The van der Waals surface area contributed by atoms with Crippen LogP contribution in [0.25, 0.3) is 0 Å². The Balaban J connectivity index is 2.05. The summed E-state index contributed by atoms with van der Waals surface area (Å²) in [5.41, 5.74) is -1.40. The number of carboxylic acid groups (broad SMARTS) is 1. The number of aliphatic carboxylic acids is 1. The molecule has 2 heterocycles. The standard InChI is InChI=1S/C13H20NO5P/c15-13(16)12(9-11-5-4-8-19-11)20(17,18)10-14-6-2-1-3-7-14/h4-5,8,12H,1-3,6-7,9-10H2,(H,15,16)(H,17,18)/t12-/m1/s1. The maximum Gasteiger partial charge on any atom is 0.262 e. The zero-order chi connectivity index (χ0) is 14.6. The van der Waals surface area contributed by atoms with E-state index in [-0.39, 0.29) is 12.7 Å². The average Bonchev–Trinajstić information content (AvgIpc) is 2.89. The van der Waals surface area contributed by atoms with Gasteiger partial charge in [0.15, 0.2) is 6.29 Å². The van der Waals surface area contributed by atoms with Gasteiger partial charge in [-0.3, -0.25) is 4.57 Å². The van der Waals surface area contributed by atoms with Crippen LogP contribution in [0.1, 0.15) is 25.0 Å². The third-order valence-electron chi connectivity index (χ3n) is 3.74. The van der Waals surface area contributed by atoms with E-state index in [9.17, 15) is 19.4 Å². The van der Waals surface area contributed by atoms with E-state index >= 15 is 0 Å². The Hall–Kier alpha value is -1.10. The van der Waals surface area contributed by atoms with Gasteiger partial charge in [0, 0.05) is 6.42 Å². The summed E-state index contributed by atoms with van der Waals surface area (Å²) in [6.45, 7) is 1.65. The third-order valence-corrected chi connectivity index (χ3v) is 6.01. The van der Waals surface area contributed by atoms with Gasteiger partial charge in [-0.05, 0) is 31.4 Å². The monoisotopic (exact) mass is 301 g/mol. The Bertz CT molecular complexity index is 481. The highest BCUT2D eigenvalue weighted by molar-refractivity contribution is 7.59. The summed E-state index contributed by atoms with van der Waals surface area (Å²) in [5.74, 6) is -1.09. The number of hydrogen-bond acceptors (Lipinski definition) is 4. The molecule has 0 spiro atoms. The molecule has 0 aromatic carbocycles. The number of carbonyl (C=O) groups is 1. The lowest BCUT2D eigenvalue weighted by molar-refractivity contribution is -0.893. The number of likely N-dealkylation sites (tertiary alicyclic amines) is 1. The van der Waals surface area contributed by atoms with Crippen molar-refractivity contribution in [2.75, 3.05) is 19.4 Å². The normalized spacial score (nSPS) is 21.2. The van der Waals surface area contributed by atoms with Crippen LogP contribution in [0.15, 0.2) is 22.8 Å². The van der Waals surface area contributed by atoms with Crippen molar-refractivity contribution in [3.8, 4) is 0 Å². The fraction of sp³-hybridized carbons (Fsp3) is 0.615. The number of rotatable bonds is 6. The van der Waals surface area contributed by atoms with Crippen LogP contribution in [0.2, 0.25) is 0 Å². The first-order valence-corrected chi connectivity index (χ1v) is 8.79. The van der Waals surface area contributed by atoms with E-state index in [1.54, 1.807) is 12.1 Å². The van der Waals surface area contributed by atoms with Gasteiger partial charge in [-0.25, -0.2) is 0 Å². The Morgan fingerprint density at radius 1 is 1.45 bits per heavy atom. The van der Waals surface area contributed by atoms with E-state index in [2.05, 4.69) is 0 Å². The van der Waals surface area contributed by atoms with E-state index in [0.29, 0.717) is 5.76 Å². The van der Waals surface area contributed by atoms with Crippen molar-refractivity contribution in [2.24, 2.45) is 0 Å². The lowest BCUT2D eigenvalue weighted by Crippen LogP contribution is -3.12. The van der Waals surface area contributed by atoms with E-state index < -0.39 is 19.0 Å². The molecule has 0 bridgehead atoms. The van der Waals surface area contributed by atoms with Crippen molar-refractivity contribution in [1.29, 1.82) is 0 Å². The van der Waals surface area contributed by atoms with Crippen LogP contribution in [0, 0.1) is 0 Å². The molecule has 1 aliphatic rings. The second-order valence-corrected chi connectivity index (χ2v) is 7.79. The van der Waals surface area contributed by atoms with Crippen molar-refractivity contribution in [2.45, 2.75) is 31.3 Å². The number of carbonyl (C=O) groups excluding carboxylic acids is 1. The van der Waals surface area contributed by atoms with Gasteiger partial charge >= 0.3 is 0 Å². The number of hydrogen-bond donors (Lipinski definition) is 2. The second-order valence-electron chi connectivity index (χ2n) is 5.34. The average molecular weight is 301 g/mol. The lowest BCUT2D eigenvalue weighted by atomic mass is 10.1. The first-order valence-electron chi connectivity index (χ1n) is 6.87. The molecule has 1 aromatic rings. The highest BCUT2D eigenvalue weighted by Crippen LogP contribution is 2.45. The molecule has 112 valence electrons. The fourth-order valence-electron chi connectivity index (χ4n) is 2.65. The number of nitrogens with one attached hydrogen (secondary N) is 1. The SMILES string of the molecule is O=C([O-])[C@@H](Cc1ccco1)P(=O)(O)C[NH+]1CCCCC1. The molecule has 0 saturated carbocycles. The maximum atomic E-state index is 12.4. The first kappa shape index (κ1) is 15.3. The summed E-state index contributed by atoms with van der Waals surface area (Å²) in [6, 6.07) is 3.23. The largest absolute Gasteiger partial charge is 0.549 e. The van der Waals surface area contributed by atoms with Crippen molar-refractivity contribution >= 4 is 13.3 Å². The van der Waals surface area contributed by atoms with Crippen LogP contribution in [-0.4, -0.2) is 35.9 Å². The van der Waals surface area contributed by atoms with E-state index in [1.807, 2.05) is 0 Å². The van der Waals surface area contributed by atoms with Gasteiger partial charge in [0.2, 0.25) is 0 Å². The van der Waals surface area contributed by atoms with Crippen LogP contribution in [0.5, 0.6) is 0 Å². The Labute approximate surface area is 117 Å². The topological polar surface area (TPSA) is 95.0 Å². The third kappa shape index (κ3) is 3.95. The molecule has 2 N–H and O–H groups in total. The van der Waals surface area contributed by atoms with Crippen molar-refractivity contribution in [1.82, 2.24) is 0 Å². The fourth-order valence-corrected chi connectivity index (χ4v) is 4.62. The lowest BCUT2D eigenvalue weighted by Gasteiger charge is -2.29. The summed E-state index contributed by atoms with van der Waals surface area (Å²) in [6.07, 6.45) is 4.48. The highest BCUT2D eigenvalue weighted by atomic mass is 31.2. The molecular weight excluding hydrogens is 281 g/mol. The molecule has 20 heavy (non-hydrogen) atoms. The van der Waals surface area contributed by atoms with Gasteiger partial charge in [-0.1, -0.05) is 0 Å². The van der Waals surface area contributed by atoms with Crippen LogP contribution in [0.4, 0.5) is 0 Å². The highest BCUT2D eigenvalue weighted by Gasteiger charge is 2.37. The van der Waals surface area contributed by atoms with Crippen LogP contribution in [-0.2, 0) is 15.8 Å². The molecule has 6 nitrogen and oxygen atoms in total. The smallest absolute Gasteiger partial charge is 0.262 e. The predicted octanol–water partition coefficient (Wildman–Crippen LogP) is -0.763. The van der Waals surface area contributed by atoms with Gasteiger partial charge in [-0.2, -0.15) is 0 Å². The van der Waals surface area contributed by atoms with Gasteiger partial charge in [-0.15, -0.1) is 0 Å². The molecule has 0 aliphatic carbocycles. The minimum atomic E-state index is -3.83. The van der Waals surface area contributed by atoms with E-state index in [0.717, 1.165) is 37.3 Å². The molecule has 1 aromatic heterocycles. The maximum absolute atomic E-state index is 12.4. The molecule has 0 radical (unpaired) electrons. The van der Waals surface area contributed by atoms with E-state index in [1.165, 1.54) is 6.26 Å². The van der Waals surface area contributed by atoms with Gasteiger partial charge < -0.3 is 24.1 Å². The van der Waals surface area contributed by atoms with Gasteiger partial charge in [0.25, 0.3) is 7.37 Å². The van der Waals surface area contributed by atoms with Crippen molar-refractivity contribution in [3.63, 3.8) is 0 Å².